The number of benzene rings is 1. The molecule has 2 rings (SSSR count). The minimum absolute atomic E-state index is 0.0744. The van der Waals surface area contributed by atoms with Gasteiger partial charge in [0.1, 0.15) is 11.1 Å². The quantitative estimate of drug-likeness (QED) is 0.793. The number of halogens is 2. The largest absolute Gasteiger partial charge is 0.341 e. The molecule has 1 aliphatic rings. The van der Waals surface area contributed by atoms with Crippen LogP contribution in [0.1, 0.15) is 12.0 Å². The van der Waals surface area contributed by atoms with Crippen LogP contribution < -0.4 is 0 Å². The van der Waals surface area contributed by atoms with Crippen LogP contribution >= 0.6 is 10.7 Å². The van der Waals surface area contributed by atoms with Gasteiger partial charge in [-0.15, -0.1) is 0 Å². The predicted molar refractivity (Wildman–Crippen MR) is 69.9 cm³/mol. The monoisotopic (exact) mass is 305 g/mol. The summed E-state index contributed by atoms with van der Waals surface area (Å²) in [5.41, 5.74) is 0.769. The zero-order valence-electron chi connectivity index (χ0n) is 10.1. The zero-order chi connectivity index (χ0) is 14.0. The van der Waals surface area contributed by atoms with Crippen LogP contribution in [0.3, 0.4) is 0 Å². The molecule has 1 atom stereocenters. The van der Waals surface area contributed by atoms with E-state index < -0.39 is 14.3 Å². The first-order valence-electron chi connectivity index (χ1n) is 5.82. The molecule has 1 amide bonds. The molecule has 1 heterocycles. The number of carbonyl (C=O) groups is 1. The number of rotatable bonds is 4. The Bertz CT molecular complexity index is 590. The molecule has 1 fully saturated rings. The Balaban J connectivity index is 1.96. The molecule has 0 aromatic heterocycles. The molecule has 0 spiro atoms. The highest BCUT2D eigenvalue weighted by Gasteiger charge is 2.36. The van der Waals surface area contributed by atoms with Gasteiger partial charge < -0.3 is 4.90 Å². The fourth-order valence-electron chi connectivity index (χ4n) is 2.10. The second kappa shape index (κ2) is 5.46. The van der Waals surface area contributed by atoms with Crippen LogP contribution in [0.5, 0.6) is 0 Å². The summed E-state index contributed by atoms with van der Waals surface area (Å²) in [7, 11) is 1.54. The van der Waals surface area contributed by atoms with Crippen molar-refractivity contribution < 1.29 is 17.6 Å². The van der Waals surface area contributed by atoms with Crippen molar-refractivity contribution in [3.8, 4) is 0 Å². The first kappa shape index (κ1) is 14.3. The van der Waals surface area contributed by atoms with Gasteiger partial charge in [-0.2, -0.15) is 0 Å². The summed E-state index contributed by atoms with van der Waals surface area (Å²) in [5.74, 6) is -0.558. The topological polar surface area (TPSA) is 54.5 Å². The van der Waals surface area contributed by atoms with Gasteiger partial charge in [-0.25, -0.2) is 12.8 Å². The second-order valence-corrected chi connectivity index (χ2v) is 7.43. The number of carbonyl (C=O) groups excluding carboxylic acids is 1. The molecule has 1 aromatic carbocycles. The Morgan fingerprint density at radius 1 is 1.42 bits per heavy atom. The van der Waals surface area contributed by atoms with E-state index >= 15 is 0 Å². The van der Waals surface area contributed by atoms with E-state index in [0.717, 1.165) is 5.56 Å². The van der Waals surface area contributed by atoms with Crippen molar-refractivity contribution in [2.24, 2.45) is 0 Å². The van der Waals surface area contributed by atoms with Gasteiger partial charge in [-0.3, -0.25) is 4.79 Å². The van der Waals surface area contributed by atoms with Crippen molar-refractivity contribution in [2.75, 3.05) is 13.1 Å². The van der Waals surface area contributed by atoms with Crippen LogP contribution in [0.4, 0.5) is 4.39 Å². The Hall–Kier alpha value is -1.14. The van der Waals surface area contributed by atoms with E-state index in [2.05, 4.69) is 0 Å². The first-order valence-corrected chi connectivity index (χ1v) is 8.19. The third-order valence-electron chi connectivity index (χ3n) is 3.14. The fraction of sp³-hybridized carbons (Fsp3) is 0.417. The van der Waals surface area contributed by atoms with Gasteiger partial charge in [0.2, 0.25) is 15.0 Å². The van der Waals surface area contributed by atoms with E-state index in [1.165, 1.54) is 17.0 Å². The van der Waals surface area contributed by atoms with Crippen LogP contribution in [-0.4, -0.2) is 37.6 Å². The van der Waals surface area contributed by atoms with Crippen LogP contribution in [-0.2, 0) is 20.3 Å². The normalized spacial score (nSPS) is 20.0. The van der Waals surface area contributed by atoms with Crippen LogP contribution in [0.15, 0.2) is 24.3 Å². The number of hydrogen-bond donors (Lipinski definition) is 0. The molecule has 1 unspecified atom stereocenters. The Labute approximate surface area is 115 Å². The molecule has 0 saturated carbocycles. The highest BCUT2D eigenvalue weighted by Crippen LogP contribution is 2.21. The number of amides is 1. The average molecular weight is 306 g/mol. The predicted octanol–water partition coefficient (Wildman–Crippen LogP) is 1.54. The fourth-order valence-corrected chi connectivity index (χ4v) is 3.15. The van der Waals surface area contributed by atoms with Crippen molar-refractivity contribution in [1.29, 1.82) is 0 Å². The lowest BCUT2D eigenvalue weighted by atomic mass is 10.1. The summed E-state index contributed by atoms with van der Waals surface area (Å²) in [6, 6.07) is 6.11. The summed E-state index contributed by atoms with van der Waals surface area (Å²) in [6.45, 7) is 0.477. The van der Waals surface area contributed by atoms with Crippen molar-refractivity contribution in [3.05, 3.63) is 35.6 Å². The maximum Gasteiger partial charge on any atom is 0.237 e. The van der Waals surface area contributed by atoms with Crippen molar-refractivity contribution in [2.45, 2.75) is 18.1 Å². The molecule has 0 bridgehead atoms. The number of hydrogen-bond acceptors (Lipinski definition) is 3. The molecular weight excluding hydrogens is 293 g/mol. The van der Waals surface area contributed by atoms with Gasteiger partial charge in [0.05, 0.1) is 0 Å². The Morgan fingerprint density at radius 2 is 2.16 bits per heavy atom. The summed E-state index contributed by atoms with van der Waals surface area (Å²) in [4.78, 5) is 13.1. The van der Waals surface area contributed by atoms with E-state index in [0.29, 0.717) is 13.0 Å². The van der Waals surface area contributed by atoms with Crippen LogP contribution in [0.2, 0.25) is 0 Å². The number of likely N-dealkylation sites (tertiary alicyclic amines) is 1. The molecule has 1 aromatic rings. The first-order chi connectivity index (χ1) is 8.86. The maximum atomic E-state index is 13.0. The third-order valence-corrected chi connectivity index (χ3v) is 5.00. The lowest BCUT2D eigenvalue weighted by Crippen LogP contribution is -2.29. The van der Waals surface area contributed by atoms with Crippen LogP contribution in [0, 0.1) is 5.82 Å². The van der Waals surface area contributed by atoms with Crippen molar-refractivity contribution >= 4 is 25.6 Å². The molecule has 104 valence electrons. The third kappa shape index (κ3) is 3.67. The average Bonchev–Trinajstić information content (AvgIpc) is 2.68. The minimum Gasteiger partial charge on any atom is -0.341 e. The van der Waals surface area contributed by atoms with Gasteiger partial charge in [-0.1, -0.05) is 12.1 Å². The highest BCUT2D eigenvalue weighted by molar-refractivity contribution is 8.14. The molecule has 7 heteroatoms. The molecular formula is C12H13ClFNO3S. The van der Waals surface area contributed by atoms with Crippen molar-refractivity contribution in [3.63, 3.8) is 0 Å². The van der Waals surface area contributed by atoms with Gasteiger partial charge >= 0.3 is 0 Å². The molecule has 4 nitrogen and oxygen atoms in total. The SMILES string of the molecule is O=C1CC(S(=O)(=O)Cl)CN1CCc1cccc(F)c1. The maximum absolute atomic E-state index is 13.0. The molecule has 0 radical (unpaired) electrons. The van der Waals surface area contributed by atoms with Crippen molar-refractivity contribution in [1.82, 2.24) is 4.90 Å². The highest BCUT2D eigenvalue weighted by atomic mass is 35.7. The number of nitrogens with zero attached hydrogens (tertiary/aromatic N) is 1. The van der Waals surface area contributed by atoms with Crippen LogP contribution in [0.25, 0.3) is 0 Å². The molecule has 0 N–H and O–H groups in total. The molecule has 1 aliphatic heterocycles. The Morgan fingerprint density at radius 3 is 2.74 bits per heavy atom. The molecule has 1 saturated heterocycles. The minimum atomic E-state index is -3.71. The van der Waals surface area contributed by atoms with E-state index in [1.807, 2.05) is 0 Å². The molecule has 19 heavy (non-hydrogen) atoms. The lowest BCUT2D eigenvalue weighted by molar-refractivity contribution is -0.127. The summed E-state index contributed by atoms with van der Waals surface area (Å²) in [6.07, 6.45) is 0.410. The van der Waals surface area contributed by atoms with E-state index in [4.69, 9.17) is 10.7 Å². The van der Waals surface area contributed by atoms with E-state index in [9.17, 15) is 17.6 Å². The molecule has 0 aliphatic carbocycles. The van der Waals surface area contributed by atoms with E-state index in [1.54, 1.807) is 12.1 Å². The van der Waals surface area contributed by atoms with Gasteiger partial charge in [0, 0.05) is 30.2 Å². The summed E-state index contributed by atoms with van der Waals surface area (Å²) in [5, 5.41) is -0.839. The second-order valence-electron chi connectivity index (χ2n) is 4.52. The lowest BCUT2D eigenvalue weighted by Gasteiger charge is -2.15. The Kier molecular flexibility index (Phi) is 4.10. The van der Waals surface area contributed by atoms with Gasteiger partial charge in [-0.05, 0) is 24.1 Å². The van der Waals surface area contributed by atoms with Gasteiger partial charge in [0.25, 0.3) is 0 Å². The standard InChI is InChI=1S/C12H13ClFNO3S/c13-19(17,18)11-7-12(16)15(8-11)5-4-9-2-1-3-10(14)6-9/h1-3,6,11H,4-5,7-8H2. The smallest absolute Gasteiger partial charge is 0.237 e. The summed E-state index contributed by atoms with van der Waals surface area (Å²) < 4.78 is 35.3. The van der Waals surface area contributed by atoms with E-state index in [-0.39, 0.29) is 24.7 Å². The van der Waals surface area contributed by atoms with Gasteiger partial charge in [0.15, 0.2) is 0 Å². The zero-order valence-corrected chi connectivity index (χ0v) is 11.6. The summed E-state index contributed by atoms with van der Waals surface area (Å²) >= 11 is 0.